The van der Waals surface area contributed by atoms with Crippen molar-refractivity contribution >= 4 is 21.7 Å². The topological polar surface area (TPSA) is 77.2 Å². The number of nitrogens with zero attached hydrogens (tertiary/aromatic N) is 1. The van der Waals surface area contributed by atoms with Crippen molar-refractivity contribution in [1.29, 1.82) is 0 Å². The maximum absolute atomic E-state index is 8.44. The van der Waals surface area contributed by atoms with Gasteiger partial charge in [0, 0.05) is 6.92 Å². The lowest BCUT2D eigenvalue weighted by molar-refractivity contribution is 0.558. The van der Waals surface area contributed by atoms with E-state index in [4.69, 9.17) is 17.0 Å². The third-order valence-electron chi connectivity index (χ3n) is 1.40. The summed E-state index contributed by atoms with van der Waals surface area (Å²) in [7, 11) is -3.11. The van der Waals surface area contributed by atoms with Gasteiger partial charge >= 0.3 is 10.6 Å². The largest absolute Gasteiger partial charge is 0.441 e. The minimum atomic E-state index is -3.11. The van der Waals surface area contributed by atoms with Crippen molar-refractivity contribution in [2.24, 2.45) is 0 Å². The van der Waals surface area contributed by atoms with Crippen molar-refractivity contribution in [2.75, 3.05) is 0 Å². The van der Waals surface area contributed by atoms with Crippen LogP contribution < -0.4 is 0 Å². The van der Waals surface area contributed by atoms with E-state index in [1.165, 1.54) is 0 Å². The summed E-state index contributed by atoms with van der Waals surface area (Å²) in [4.78, 5) is 4.15. The Balaban J connectivity index is 0.000000213. The molecule has 0 saturated carbocycles. The predicted molar refractivity (Wildman–Crippen MR) is 48.4 cm³/mol. The Morgan fingerprint density at radius 2 is 1.79 bits per heavy atom. The highest BCUT2D eigenvalue weighted by atomic mass is 32.2. The minimum Gasteiger partial charge on any atom is -0.441 e. The number of aryl methyl sites for hydroxylation is 1. The Hall–Kier alpha value is -1.69. The molecule has 0 radical (unpaired) electrons. The molecule has 0 unspecified atom stereocenters. The van der Waals surface area contributed by atoms with E-state index in [2.05, 4.69) is 4.98 Å². The van der Waals surface area contributed by atoms with Crippen molar-refractivity contribution in [3.05, 3.63) is 30.2 Å². The first kappa shape index (κ1) is 10.4. The number of fused-ring (bicyclic) bond motifs is 1. The van der Waals surface area contributed by atoms with Crippen LogP contribution in [-0.2, 0) is 10.6 Å². The molecule has 0 aliphatic heterocycles. The average molecular weight is 213 g/mol. The normalized spacial score (nSPS) is 9.21. The van der Waals surface area contributed by atoms with E-state index < -0.39 is 10.6 Å². The number of hydrogen-bond acceptors (Lipinski definition) is 5. The van der Waals surface area contributed by atoms with Gasteiger partial charge in [-0.2, -0.15) is 0 Å². The van der Waals surface area contributed by atoms with Crippen LogP contribution in [0.4, 0.5) is 0 Å². The Bertz CT molecular complexity index is 488. The zero-order chi connectivity index (χ0) is 10.6. The molecule has 0 fully saturated rings. The number of para-hydroxylation sites is 2. The van der Waals surface area contributed by atoms with Gasteiger partial charge in [-0.1, -0.05) is 12.1 Å². The number of benzene rings is 1. The third-order valence-corrected chi connectivity index (χ3v) is 1.40. The van der Waals surface area contributed by atoms with E-state index in [1.807, 2.05) is 31.2 Å². The predicted octanol–water partition coefficient (Wildman–Crippen LogP) is 1.13. The monoisotopic (exact) mass is 213 g/mol. The molecule has 0 aliphatic carbocycles. The molecular weight excluding hydrogens is 206 g/mol. The van der Waals surface area contributed by atoms with Crippen LogP contribution >= 0.6 is 0 Å². The van der Waals surface area contributed by atoms with Crippen molar-refractivity contribution in [1.82, 2.24) is 4.98 Å². The fourth-order valence-corrected chi connectivity index (χ4v) is 0.987. The zero-order valence-corrected chi connectivity index (χ0v) is 8.11. The van der Waals surface area contributed by atoms with Crippen LogP contribution in [0, 0.1) is 6.92 Å². The summed E-state index contributed by atoms with van der Waals surface area (Å²) in [6.07, 6.45) is 0. The van der Waals surface area contributed by atoms with Gasteiger partial charge in [0.15, 0.2) is 11.5 Å². The molecular formula is C8H7NO4S. The van der Waals surface area contributed by atoms with Crippen molar-refractivity contribution < 1.29 is 17.0 Å². The fourth-order valence-electron chi connectivity index (χ4n) is 0.987. The van der Waals surface area contributed by atoms with Gasteiger partial charge in [-0.3, -0.25) is 0 Å². The smallest absolute Gasteiger partial charge is 0.425 e. The summed E-state index contributed by atoms with van der Waals surface area (Å²) in [5.41, 5.74) is 1.79. The van der Waals surface area contributed by atoms with E-state index in [1.54, 1.807) is 0 Å². The molecule has 1 aromatic carbocycles. The second-order valence-electron chi connectivity index (χ2n) is 2.40. The second kappa shape index (κ2) is 4.52. The summed E-state index contributed by atoms with van der Waals surface area (Å²) >= 11 is 0. The van der Waals surface area contributed by atoms with Gasteiger partial charge in [0.25, 0.3) is 0 Å². The molecule has 0 saturated heterocycles. The van der Waals surface area contributed by atoms with Gasteiger partial charge in [-0.15, -0.1) is 12.6 Å². The molecule has 1 aromatic heterocycles. The molecule has 6 heteroatoms. The molecule has 0 bridgehead atoms. The molecule has 0 atom stereocenters. The summed E-state index contributed by atoms with van der Waals surface area (Å²) in [5, 5.41) is 0. The molecule has 0 N–H and O–H groups in total. The summed E-state index contributed by atoms with van der Waals surface area (Å²) in [5.74, 6) is 0.723. The lowest BCUT2D eigenvalue weighted by Gasteiger charge is -1.79. The molecule has 2 aromatic rings. The van der Waals surface area contributed by atoms with Gasteiger partial charge in [-0.25, -0.2) is 4.98 Å². The minimum absolute atomic E-state index is 0.723. The Kier molecular flexibility index (Phi) is 3.35. The highest BCUT2D eigenvalue weighted by molar-refractivity contribution is 7.59. The van der Waals surface area contributed by atoms with Gasteiger partial charge in [-0.05, 0) is 12.1 Å². The van der Waals surface area contributed by atoms with Gasteiger partial charge in [0.1, 0.15) is 5.52 Å². The van der Waals surface area contributed by atoms with Crippen LogP contribution in [0.1, 0.15) is 5.89 Å². The number of rotatable bonds is 0. The van der Waals surface area contributed by atoms with E-state index in [0.29, 0.717) is 0 Å². The first-order valence-electron chi connectivity index (χ1n) is 3.68. The quantitative estimate of drug-likeness (QED) is 0.655. The van der Waals surface area contributed by atoms with Gasteiger partial charge in [0.05, 0.1) is 0 Å². The SMILES string of the molecule is Cc1nc2ccccc2o1.O=S(=O)=O. The fraction of sp³-hybridized carbons (Fsp3) is 0.125. The maximum Gasteiger partial charge on any atom is 0.425 e. The second-order valence-corrected chi connectivity index (χ2v) is 2.81. The lowest BCUT2D eigenvalue weighted by Crippen LogP contribution is -1.65. The van der Waals surface area contributed by atoms with Crippen LogP contribution in [0.3, 0.4) is 0 Å². The summed E-state index contributed by atoms with van der Waals surface area (Å²) in [6.45, 7) is 1.85. The molecule has 5 nitrogen and oxygen atoms in total. The van der Waals surface area contributed by atoms with Crippen LogP contribution in [0.2, 0.25) is 0 Å². The van der Waals surface area contributed by atoms with Gasteiger partial charge < -0.3 is 4.42 Å². The Morgan fingerprint density at radius 3 is 2.36 bits per heavy atom. The van der Waals surface area contributed by atoms with Crippen LogP contribution in [0.5, 0.6) is 0 Å². The lowest BCUT2D eigenvalue weighted by atomic mass is 10.3. The average Bonchev–Trinajstić information content (AvgIpc) is 2.42. The van der Waals surface area contributed by atoms with E-state index in [9.17, 15) is 0 Å². The van der Waals surface area contributed by atoms with Crippen molar-refractivity contribution in [3.8, 4) is 0 Å². The van der Waals surface area contributed by atoms with E-state index in [-0.39, 0.29) is 0 Å². The molecule has 0 aliphatic rings. The number of hydrogen-bond donors (Lipinski definition) is 0. The van der Waals surface area contributed by atoms with Gasteiger partial charge in [0.2, 0.25) is 0 Å². The van der Waals surface area contributed by atoms with Crippen molar-refractivity contribution in [2.45, 2.75) is 6.92 Å². The summed E-state index contributed by atoms with van der Waals surface area (Å²) < 4.78 is 30.6. The maximum atomic E-state index is 8.44. The molecule has 0 amide bonds. The number of oxazole rings is 1. The molecule has 1 heterocycles. The van der Waals surface area contributed by atoms with E-state index >= 15 is 0 Å². The summed E-state index contributed by atoms with van der Waals surface area (Å²) in [6, 6.07) is 7.73. The van der Waals surface area contributed by atoms with Crippen LogP contribution in [0.25, 0.3) is 11.1 Å². The number of aromatic nitrogens is 1. The third kappa shape index (κ3) is 2.98. The zero-order valence-electron chi connectivity index (χ0n) is 7.30. The Labute approximate surface area is 81.4 Å². The molecule has 2 rings (SSSR count). The highest BCUT2D eigenvalue weighted by Gasteiger charge is 1.97. The van der Waals surface area contributed by atoms with Crippen LogP contribution in [-0.4, -0.2) is 17.6 Å². The van der Waals surface area contributed by atoms with E-state index in [0.717, 1.165) is 17.0 Å². The molecule has 14 heavy (non-hydrogen) atoms. The van der Waals surface area contributed by atoms with Crippen LogP contribution in [0.15, 0.2) is 28.7 Å². The molecule has 74 valence electrons. The molecule has 0 spiro atoms. The van der Waals surface area contributed by atoms with Crippen molar-refractivity contribution in [3.63, 3.8) is 0 Å². The first-order valence-corrected chi connectivity index (χ1v) is 4.68. The first-order chi connectivity index (χ1) is 6.59. The Morgan fingerprint density at radius 1 is 1.21 bits per heavy atom. The standard InChI is InChI=1S/C8H7NO.O3S/c1-6-9-7-4-2-3-5-8(7)10-6;1-4(2)3/h2-5H,1H3;. The highest BCUT2D eigenvalue weighted by Crippen LogP contribution is 2.12.